The van der Waals surface area contributed by atoms with Crippen LogP contribution in [-0.4, -0.2) is 0 Å². The van der Waals surface area contributed by atoms with Gasteiger partial charge in [-0.3, -0.25) is 0 Å². The van der Waals surface area contributed by atoms with Crippen LogP contribution in [0.4, 0.5) is 34.1 Å². The molecule has 4 heteroatoms. The Labute approximate surface area is 440 Å². The number of hydrogen-bond donors (Lipinski definition) is 0. The van der Waals surface area contributed by atoms with Crippen LogP contribution in [0, 0.1) is 41.5 Å². The lowest BCUT2D eigenvalue weighted by molar-refractivity contribution is 1.20. The van der Waals surface area contributed by atoms with Crippen molar-refractivity contribution in [2.45, 2.75) is 41.5 Å². The van der Waals surface area contributed by atoms with Gasteiger partial charge >= 0.3 is 0 Å². The number of nitrogens with zero attached hydrogens (tertiary/aromatic N) is 2. The maximum Gasteiger partial charge on any atom is 0.0540 e. The minimum absolute atomic E-state index is 1.14. The first kappa shape index (κ1) is 44.4. The number of thiophene rings is 2. The van der Waals surface area contributed by atoms with Gasteiger partial charge in [-0.15, -0.1) is 22.7 Å². The van der Waals surface area contributed by atoms with Crippen LogP contribution in [0.15, 0.2) is 206 Å². The molecule has 2 aromatic heterocycles. The van der Waals surface area contributed by atoms with Crippen LogP contribution in [0.1, 0.15) is 33.4 Å². The topological polar surface area (TPSA) is 6.48 Å². The highest BCUT2D eigenvalue weighted by Gasteiger charge is 2.26. The second kappa shape index (κ2) is 17.2. The molecule has 354 valence electrons. The van der Waals surface area contributed by atoms with E-state index in [0.717, 1.165) is 22.7 Å². The third-order valence-corrected chi connectivity index (χ3v) is 18.4. The summed E-state index contributed by atoms with van der Waals surface area (Å²) in [4.78, 5) is 5.10. The van der Waals surface area contributed by atoms with Gasteiger partial charge in [-0.25, -0.2) is 0 Å². The van der Waals surface area contributed by atoms with Gasteiger partial charge in [0.25, 0.3) is 0 Å². The Morgan fingerprint density at radius 2 is 0.703 bits per heavy atom. The van der Waals surface area contributed by atoms with Crippen LogP contribution in [0.5, 0.6) is 0 Å². The van der Waals surface area contributed by atoms with Crippen LogP contribution >= 0.6 is 22.7 Å². The maximum absolute atomic E-state index is 2.55. The SMILES string of the molecule is Cc1ccc(C)c(N(c2cccc(-c3cccc4c3sc3ccccc34)c2)c2ccc3ccc4c(N(c5cccc(-c6cccc7c6sc6ccccc67)c5)c5c(C)ccc(C)c5C)ccc5ccc2c3c54)c1C. The van der Waals surface area contributed by atoms with Gasteiger partial charge in [-0.1, -0.05) is 158 Å². The van der Waals surface area contributed by atoms with E-state index < -0.39 is 0 Å². The van der Waals surface area contributed by atoms with E-state index >= 15 is 0 Å². The Kier molecular flexibility index (Phi) is 10.3. The van der Waals surface area contributed by atoms with Crippen molar-refractivity contribution >= 4 is 129 Å². The third kappa shape index (κ3) is 6.82. The molecule has 14 rings (SSSR count). The first-order valence-corrected chi connectivity index (χ1v) is 27.3. The van der Waals surface area contributed by atoms with E-state index in [1.54, 1.807) is 0 Å². The van der Waals surface area contributed by atoms with E-state index in [4.69, 9.17) is 0 Å². The molecule has 0 N–H and O–H groups in total. The molecule has 0 spiro atoms. The Morgan fingerprint density at radius 3 is 1.16 bits per heavy atom. The number of anilines is 6. The Bertz CT molecular complexity index is 4300. The van der Waals surface area contributed by atoms with E-state index in [1.165, 1.54) is 140 Å². The van der Waals surface area contributed by atoms with Crippen molar-refractivity contribution in [3.63, 3.8) is 0 Å². The molecular weight excluding hydrogens is 933 g/mol. The zero-order valence-electron chi connectivity index (χ0n) is 42.3. The Morgan fingerprint density at radius 1 is 0.311 bits per heavy atom. The van der Waals surface area contributed by atoms with Crippen molar-refractivity contribution in [3.05, 3.63) is 240 Å². The van der Waals surface area contributed by atoms with Gasteiger partial charge in [0, 0.05) is 62.5 Å². The summed E-state index contributed by atoms with van der Waals surface area (Å²) in [5.41, 5.74) is 19.6. The molecule has 0 bridgehead atoms. The van der Waals surface area contributed by atoms with Gasteiger partial charge in [-0.05, 0) is 167 Å². The van der Waals surface area contributed by atoms with Crippen molar-refractivity contribution in [1.29, 1.82) is 0 Å². The highest BCUT2D eigenvalue weighted by atomic mass is 32.1. The summed E-state index contributed by atoms with van der Waals surface area (Å²) in [5.74, 6) is 0. The number of rotatable bonds is 8. The summed E-state index contributed by atoms with van der Waals surface area (Å²) in [6.45, 7) is 13.6. The largest absolute Gasteiger partial charge is 0.309 e. The molecule has 0 saturated carbocycles. The minimum atomic E-state index is 1.14. The number of benzene rings is 12. The van der Waals surface area contributed by atoms with Gasteiger partial charge in [0.2, 0.25) is 0 Å². The van der Waals surface area contributed by atoms with Gasteiger partial charge in [-0.2, -0.15) is 0 Å². The summed E-state index contributed by atoms with van der Waals surface area (Å²) in [7, 11) is 0. The monoisotopic (exact) mass is 984 g/mol. The van der Waals surface area contributed by atoms with Gasteiger partial charge in [0.1, 0.15) is 0 Å². The third-order valence-electron chi connectivity index (χ3n) is 16.0. The molecule has 2 heterocycles. The fourth-order valence-corrected chi connectivity index (χ4v) is 14.5. The van der Waals surface area contributed by atoms with Crippen LogP contribution in [0.25, 0.3) is 94.9 Å². The van der Waals surface area contributed by atoms with Crippen molar-refractivity contribution < 1.29 is 0 Å². The number of fused-ring (bicyclic) bond motifs is 6. The fraction of sp³-hybridized carbons (Fsp3) is 0.0857. The normalized spacial score (nSPS) is 11.9. The average molecular weight is 985 g/mol. The molecule has 0 aliphatic rings. The van der Waals surface area contributed by atoms with Crippen LogP contribution in [0.3, 0.4) is 0 Å². The molecule has 0 aliphatic carbocycles. The average Bonchev–Trinajstić information content (AvgIpc) is 4.03. The first-order valence-electron chi connectivity index (χ1n) is 25.7. The molecule has 0 radical (unpaired) electrons. The highest BCUT2D eigenvalue weighted by molar-refractivity contribution is 7.26. The Hall–Kier alpha value is -8.28. The zero-order valence-corrected chi connectivity index (χ0v) is 44.0. The predicted octanol–water partition coefficient (Wildman–Crippen LogP) is 21.4. The van der Waals surface area contributed by atoms with Crippen LogP contribution in [0.2, 0.25) is 0 Å². The quantitative estimate of drug-likeness (QED) is 0.140. The predicted molar refractivity (Wildman–Crippen MR) is 325 cm³/mol. The second-order valence-corrected chi connectivity index (χ2v) is 22.4. The van der Waals surface area contributed by atoms with E-state index in [-0.39, 0.29) is 0 Å². The summed E-state index contributed by atoms with van der Waals surface area (Å²) in [6, 6.07) is 77.6. The Balaban J connectivity index is 0.989. The maximum atomic E-state index is 2.55. The standard InChI is InChI=1S/C70H52N2S2/c1-41-27-29-43(3)67(45(41)5)71(51-17-11-15-49(39-51)53-21-13-23-57-55-19-7-9-25-63(55)73-69(53)57)61-37-33-47-32-36-60-62(38-34-48-31-35-59(61)65(47)66(48)60)72(68-44(4)30-28-42(2)46(68)6)52-18-12-16-50(40-52)54-22-14-24-58-56-20-8-10-26-64(56)74-70(54)58/h7-40H,1-6H3. The van der Waals surface area contributed by atoms with Crippen LogP contribution in [-0.2, 0) is 0 Å². The van der Waals surface area contributed by atoms with E-state index in [1.807, 2.05) is 22.7 Å². The summed E-state index contributed by atoms with van der Waals surface area (Å²) in [5, 5.41) is 12.7. The highest BCUT2D eigenvalue weighted by Crippen LogP contribution is 2.51. The van der Waals surface area contributed by atoms with Crippen molar-refractivity contribution in [3.8, 4) is 22.3 Å². The lowest BCUT2D eigenvalue weighted by Gasteiger charge is -2.32. The smallest absolute Gasteiger partial charge is 0.0540 e. The molecule has 0 amide bonds. The molecule has 0 saturated heterocycles. The number of hydrogen-bond acceptors (Lipinski definition) is 4. The van der Waals surface area contributed by atoms with Gasteiger partial charge < -0.3 is 9.80 Å². The van der Waals surface area contributed by atoms with E-state index in [9.17, 15) is 0 Å². The molecule has 2 nitrogen and oxygen atoms in total. The molecule has 0 unspecified atom stereocenters. The summed E-state index contributed by atoms with van der Waals surface area (Å²) in [6.07, 6.45) is 0. The van der Waals surface area contributed by atoms with Crippen molar-refractivity contribution in [2.24, 2.45) is 0 Å². The first-order chi connectivity index (χ1) is 36.2. The summed E-state index contributed by atoms with van der Waals surface area (Å²) < 4.78 is 5.28. The molecular formula is C70H52N2S2. The van der Waals surface area contributed by atoms with E-state index in [0.29, 0.717) is 0 Å². The zero-order chi connectivity index (χ0) is 49.9. The van der Waals surface area contributed by atoms with E-state index in [2.05, 4.69) is 258 Å². The lowest BCUT2D eigenvalue weighted by atomic mass is 9.91. The van der Waals surface area contributed by atoms with Gasteiger partial charge in [0.15, 0.2) is 0 Å². The summed E-state index contributed by atoms with van der Waals surface area (Å²) >= 11 is 3.78. The fourth-order valence-electron chi connectivity index (χ4n) is 12.1. The molecule has 12 aromatic carbocycles. The molecule has 14 aromatic rings. The molecule has 0 atom stereocenters. The molecule has 0 aliphatic heterocycles. The van der Waals surface area contributed by atoms with Gasteiger partial charge in [0.05, 0.1) is 22.7 Å². The minimum Gasteiger partial charge on any atom is -0.309 e. The lowest BCUT2D eigenvalue weighted by Crippen LogP contribution is -2.15. The molecule has 74 heavy (non-hydrogen) atoms. The van der Waals surface area contributed by atoms with Crippen molar-refractivity contribution in [1.82, 2.24) is 0 Å². The molecule has 0 fully saturated rings. The number of aryl methyl sites for hydroxylation is 4. The second-order valence-electron chi connectivity index (χ2n) is 20.3. The van der Waals surface area contributed by atoms with Crippen LogP contribution < -0.4 is 9.80 Å². The van der Waals surface area contributed by atoms with Crippen molar-refractivity contribution in [2.75, 3.05) is 9.80 Å².